The van der Waals surface area contributed by atoms with Crippen LogP contribution in [-0.2, 0) is 11.9 Å². The molecule has 1 aromatic carbocycles. The number of thioether (sulfide) groups is 1. The van der Waals surface area contributed by atoms with Gasteiger partial charge < -0.3 is 5.73 Å². The molecule has 0 saturated carbocycles. The van der Waals surface area contributed by atoms with Crippen molar-refractivity contribution in [2.24, 2.45) is 0 Å². The van der Waals surface area contributed by atoms with Gasteiger partial charge in [-0.05, 0) is 35.9 Å². The summed E-state index contributed by atoms with van der Waals surface area (Å²) in [6.45, 7) is 0. The van der Waals surface area contributed by atoms with Crippen LogP contribution in [0.5, 0.6) is 0 Å². The summed E-state index contributed by atoms with van der Waals surface area (Å²) in [5, 5.41) is 0.538. The van der Waals surface area contributed by atoms with Crippen molar-refractivity contribution in [1.29, 1.82) is 0 Å². The maximum atomic E-state index is 12.4. The molecule has 0 saturated heterocycles. The SMILES string of the molecule is Nc1cc(Br)cc(CSc2ccc(C(F)(F)F)cn2)c1. The lowest BCUT2D eigenvalue weighted by Gasteiger charge is -2.07. The number of hydrogen-bond donors (Lipinski definition) is 1. The monoisotopic (exact) mass is 362 g/mol. The van der Waals surface area contributed by atoms with Crippen LogP contribution in [-0.4, -0.2) is 4.98 Å². The van der Waals surface area contributed by atoms with Gasteiger partial charge in [0.05, 0.1) is 10.6 Å². The zero-order chi connectivity index (χ0) is 14.8. The smallest absolute Gasteiger partial charge is 0.399 e. The Balaban J connectivity index is 2.04. The van der Waals surface area contributed by atoms with Crippen molar-refractivity contribution in [2.75, 3.05) is 5.73 Å². The first-order chi connectivity index (χ1) is 9.34. The molecule has 106 valence electrons. The van der Waals surface area contributed by atoms with Crippen molar-refractivity contribution in [3.05, 3.63) is 52.1 Å². The van der Waals surface area contributed by atoms with E-state index in [1.807, 2.05) is 12.1 Å². The van der Waals surface area contributed by atoms with Gasteiger partial charge in [-0.15, -0.1) is 11.8 Å². The van der Waals surface area contributed by atoms with Crippen molar-refractivity contribution in [2.45, 2.75) is 17.0 Å². The highest BCUT2D eigenvalue weighted by atomic mass is 79.9. The van der Waals surface area contributed by atoms with Gasteiger partial charge in [0, 0.05) is 22.1 Å². The number of anilines is 1. The molecule has 0 radical (unpaired) electrons. The minimum absolute atomic E-state index is 0.538. The standard InChI is InChI=1S/C13H10BrF3N2S/c14-10-3-8(4-11(18)5-10)7-20-12-2-1-9(6-19-12)13(15,16)17/h1-6H,7,18H2. The molecule has 2 N–H and O–H groups in total. The fourth-order valence-corrected chi connectivity index (χ4v) is 2.88. The van der Waals surface area contributed by atoms with Crippen LogP contribution >= 0.6 is 27.7 Å². The van der Waals surface area contributed by atoms with Gasteiger partial charge in [0.2, 0.25) is 0 Å². The van der Waals surface area contributed by atoms with E-state index in [9.17, 15) is 13.2 Å². The van der Waals surface area contributed by atoms with E-state index in [1.54, 1.807) is 6.07 Å². The molecule has 0 aliphatic rings. The Labute approximate surface area is 126 Å². The van der Waals surface area contributed by atoms with Gasteiger partial charge in [-0.1, -0.05) is 15.9 Å². The number of pyridine rings is 1. The van der Waals surface area contributed by atoms with Crippen molar-refractivity contribution in [3.63, 3.8) is 0 Å². The largest absolute Gasteiger partial charge is 0.417 e. The molecule has 7 heteroatoms. The van der Waals surface area contributed by atoms with Gasteiger partial charge in [-0.25, -0.2) is 4.98 Å². The summed E-state index contributed by atoms with van der Waals surface area (Å²) >= 11 is 4.70. The second kappa shape index (κ2) is 6.05. The fourth-order valence-electron chi connectivity index (χ4n) is 1.55. The first kappa shape index (κ1) is 15.2. The lowest BCUT2D eigenvalue weighted by Crippen LogP contribution is -2.05. The van der Waals surface area contributed by atoms with Crippen LogP contribution in [0.2, 0.25) is 0 Å². The Kier molecular flexibility index (Phi) is 4.59. The zero-order valence-corrected chi connectivity index (χ0v) is 12.5. The van der Waals surface area contributed by atoms with Crippen molar-refractivity contribution in [1.82, 2.24) is 4.98 Å². The van der Waals surface area contributed by atoms with E-state index in [1.165, 1.54) is 17.8 Å². The molecule has 0 unspecified atom stereocenters. The van der Waals surface area contributed by atoms with Crippen LogP contribution in [0.3, 0.4) is 0 Å². The highest BCUT2D eigenvalue weighted by Crippen LogP contribution is 2.30. The molecular formula is C13H10BrF3N2S. The number of nitrogens with two attached hydrogens (primary N) is 1. The van der Waals surface area contributed by atoms with Gasteiger partial charge in [-0.2, -0.15) is 13.2 Å². The van der Waals surface area contributed by atoms with E-state index in [2.05, 4.69) is 20.9 Å². The third-order valence-electron chi connectivity index (χ3n) is 2.43. The maximum absolute atomic E-state index is 12.4. The lowest BCUT2D eigenvalue weighted by atomic mass is 10.2. The Morgan fingerprint density at radius 3 is 2.50 bits per heavy atom. The summed E-state index contributed by atoms with van der Waals surface area (Å²) < 4.78 is 38.0. The minimum Gasteiger partial charge on any atom is -0.399 e. The predicted octanol–water partition coefficient (Wildman–Crippen LogP) is 4.74. The second-order valence-electron chi connectivity index (χ2n) is 4.06. The van der Waals surface area contributed by atoms with E-state index >= 15 is 0 Å². The molecule has 0 aliphatic carbocycles. The van der Waals surface area contributed by atoms with Gasteiger partial charge in [-0.3, -0.25) is 0 Å². The van der Waals surface area contributed by atoms with E-state index < -0.39 is 11.7 Å². The minimum atomic E-state index is -4.35. The van der Waals surface area contributed by atoms with Crippen LogP contribution in [0.15, 0.2) is 46.0 Å². The number of aromatic nitrogens is 1. The zero-order valence-electron chi connectivity index (χ0n) is 10.1. The summed E-state index contributed by atoms with van der Waals surface area (Å²) in [5.74, 6) is 0.585. The molecule has 2 nitrogen and oxygen atoms in total. The Hall–Kier alpha value is -1.21. The third-order valence-corrected chi connectivity index (χ3v) is 3.90. The highest BCUT2D eigenvalue weighted by molar-refractivity contribution is 9.10. The van der Waals surface area contributed by atoms with E-state index in [0.717, 1.165) is 22.3 Å². The van der Waals surface area contributed by atoms with Gasteiger partial charge in [0.15, 0.2) is 0 Å². The second-order valence-corrected chi connectivity index (χ2v) is 5.98. The first-order valence-corrected chi connectivity index (χ1v) is 7.33. The maximum Gasteiger partial charge on any atom is 0.417 e. The van der Waals surface area contributed by atoms with E-state index in [-0.39, 0.29) is 0 Å². The Morgan fingerprint density at radius 2 is 1.95 bits per heavy atom. The van der Waals surface area contributed by atoms with Crippen molar-refractivity contribution >= 4 is 33.4 Å². The van der Waals surface area contributed by atoms with Crippen molar-refractivity contribution < 1.29 is 13.2 Å². The molecule has 0 bridgehead atoms. The summed E-state index contributed by atoms with van der Waals surface area (Å²) in [6, 6.07) is 7.92. The van der Waals surface area contributed by atoms with Crippen molar-refractivity contribution in [3.8, 4) is 0 Å². The number of alkyl halides is 3. The molecule has 1 heterocycles. The number of halogens is 4. The van der Waals surface area contributed by atoms with Crippen LogP contribution in [0.4, 0.5) is 18.9 Å². The van der Waals surface area contributed by atoms with Crippen LogP contribution in [0.25, 0.3) is 0 Å². The van der Waals surface area contributed by atoms with E-state index in [4.69, 9.17) is 5.73 Å². The quantitative estimate of drug-likeness (QED) is 0.633. The molecule has 0 aliphatic heterocycles. The number of nitrogen functional groups attached to an aromatic ring is 1. The number of benzene rings is 1. The molecule has 2 rings (SSSR count). The van der Waals surface area contributed by atoms with Crippen LogP contribution < -0.4 is 5.73 Å². The highest BCUT2D eigenvalue weighted by Gasteiger charge is 2.30. The van der Waals surface area contributed by atoms with Gasteiger partial charge >= 0.3 is 6.18 Å². The molecule has 0 spiro atoms. The van der Waals surface area contributed by atoms with Gasteiger partial charge in [0.25, 0.3) is 0 Å². The average molecular weight is 363 g/mol. The van der Waals surface area contributed by atoms with Crippen LogP contribution in [0, 0.1) is 0 Å². The number of hydrogen-bond acceptors (Lipinski definition) is 3. The van der Waals surface area contributed by atoms with Crippen LogP contribution in [0.1, 0.15) is 11.1 Å². The molecule has 0 atom stereocenters. The van der Waals surface area contributed by atoms with E-state index in [0.29, 0.717) is 16.5 Å². The summed E-state index contributed by atoms with van der Waals surface area (Å²) in [6.07, 6.45) is -3.51. The fraction of sp³-hybridized carbons (Fsp3) is 0.154. The molecule has 0 amide bonds. The average Bonchev–Trinajstić information content (AvgIpc) is 2.35. The summed E-state index contributed by atoms with van der Waals surface area (Å²) in [4.78, 5) is 3.81. The topological polar surface area (TPSA) is 38.9 Å². The number of rotatable bonds is 3. The normalized spacial score (nSPS) is 11.6. The summed E-state index contributed by atoms with van der Waals surface area (Å²) in [5.41, 5.74) is 6.58. The molecular weight excluding hydrogens is 353 g/mol. The molecule has 20 heavy (non-hydrogen) atoms. The third kappa shape index (κ3) is 4.14. The van der Waals surface area contributed by atoms with Gasteiger partial charge in [0.1, 0.15) is 0 Å². The predicted molar refractivity (Wildman–Crippen MR) is 77.4 cm³/mol. The lowest BCUT2D eigenvalue weighted by molar-refractivity contribution is -0.137. The molecule has 2 aromatic rings. The molecule has 0 fully saturated rings. The first-order valence-electron chi connectivity index (χ1n) is 5.55. The Bertz CT molecular complexity index is 579. The Morgan fingerprint density at radius 1 is 1.20 bits per heavy atom. The number of nitrogens with zero attached hydrogens (tertiary/aromatic N) is 1. The summed E-state index contributed by atoms with van der Waals surface area (Å²) in [7, 11) is 0. The molecule has 1 aromatic heterocycles.